The lowest BCUT2D eigenvalue weighted by Crippen LogP contribution is -2.22. The molecule has 1 heterocycles. The molecular formula is C21H19NO5. The Kier molecular flexibility index (Phi) is 5.35. The summed E-state index contributed by atoms with van der Waals surface area (Å²) in [5.74, 6) is -2.80. The Balaban J connectivity index is 2.02. The molecule has 0 amide bonds. The Morgan fingerprint density at radius 1 is 1.00 bits per heavy atom. The second kappa shape index (κ2) is 7.86. The van der Waals surface area contributed by atoms with Crippen LogP contribution in [0.3, 0.4) is 0 Å². The van der Waals surface area contributed by atoms with Crippen LogP contribution in [0.15, 0.2) is 54.6 Å². The molecule has 0 atom stereocenters. The van der Waals surface area contributed by atoms with Crippen molar-refractivity contribution in [2.75, 3.05) is 6.61 Å². The van der Waals surface area contributed by atoms with Crippen molar-refractivity contribution in [2.24, 2.45) is 0 Å². The number of hydrogen-bond donors (Lipinski definition) is 1. The van der Waals surface area contributed by atoms with Crippen LogP contribution in [0.25, 0.3) is 10.9 Å². The first-order valence-electron chi connectivity index (χ1n) is 8.60. The summed E-state index contributed by atoms with van der Waals surface area (Å²) in [5.41, 5.74) is 1.62. The lowest BCUT2D eigenvalue weighted by molar-refractivity contribution is -0.153. The summed E-state index contributed by atoms with van der Waals surface area (Å²) in [6, 6.07) is 16.5. The van der Waals surface area contributed by atoms with Gasteiger partial charge in [-0.15, -0.1) is 0 Å². The first kappa shape index (κ1) is 18.4. The maximum Gasteiger partial charge on any atom is 0.375 e. The van der Waals surface area contributed by atoms with E-state index in [1.165, 1.54) is 0 Å². The molecule has 138 valence electrons. The number of nitrogens with zero attached hydrogens (tertiary/aromatic N) is 1. The molecule has 0 aliphatic rings. The lowest BCUT2D eigenvalue weighted by Gasteiger charge is -2.10. The minimum atomic E-state index is -1.05. The first-order valence-corrected chi connectivity index (χ1v) is 8.60. The van der Waals surface area contributed by atoms with Crippen molar-refractivity contribution in [3.63, 3.8) is 0 Å². The van der Waals surface area contributed by atoms with E-state index in [-0.39, 0.29) is 18.1 Å². The molecule has 27 heavy (non-hydrogen) atoms. The fourth-order valence-corrected chi connectivity index (χ4v) is 3.01. The number of carbonyl (C=O) groups is 3. The highest BCUT2D eigenvalue weighted by Crippen LogP contribution is 2.33. The molecule has 0 bridgehead atoms. The summed E-state index contributed by atoms with van der Waals surface area (Å²) < 4.78 is 6.31. The van der Waals surface area contributed by atoms with E-state index in [9.17, 15) is 19.5 Å². The number of aromatic nitrogens is 1. The summed E-state index contributed by atoms with van der Waals surface area (Å²) in [6.07, 6.45) is -0.655. The van der Waals surface area contributed by atoms with Gasteiger partial charge in [-0.3, -0.25) is 9.59 Å². The van der Waals surface area contributed by atoms with E-state index in [2.05, 4.69) is 4.74 Å². The standard InChI is InChI=1S/C21H19NO5/c1-2-27-21(26)18(24)12-17(23)19-20(25)15-10-6-7-11-16(15)22(19)13-14-8-4-3-5-9-14/h3-11,25H,2,12-13H2,1H3. The van der Waals surface area contributed by atoms with Gasteiger partial charge in [0.15, 0.2) is 11.5 Å². The summed E-state index contributed by atoms with van der Waals surface area (Å²) in [6.45, 7) is 1.98. The highest BCUT2D eigenvalue weighted by molar-refractivity contribution is 6.38. The Morgan fingerprint density at radius 2 is 1.67 bits per heavy atom. The molecule has 0 spiro atoms. The van der Waals surface area contributed by atoms with Gasteiger partial charge in [-0.2, -0.15) is 0 Å². The molecule has 0 aliphatic carbocycles. The first-order chi connectivity index (χ1) is 13.0. The fourth-order valence-electron chi connectivity index (χ4n) is 3.01. The maximum atomic E-state index is 12.8. The average molecular weight is 365 g/mol. The third kappa shape index (κ3) is 3.74. The molecule has 0 saturated carbocycles. The molecule has 0 fully saturated rings. The predicted molar refractivity (Wildman–Crippen MR) is 99.7 cm³/mol. The van der Waals surface area contributed by atoms with Crippen LogP contribution >= 0.6 is 0 Å². The number of hydrogen-bond acceptors (Lipinski definition) is 5. The number of ketones is 2. The molecule has 0 unspecified atom stereocenters. The topological polar surface area (TPSA) is 85.6 Å². The SMILES string of the molecule is CCOC(=O)C(=O)CC(=O)c1c(O)c2ccccc2n1Cc1ccccc1. The van der Waals surface area contributed by atoms with E-state index < -0.39 is 24.0 Å². The Bertz CT molecular complexity index is 1000. The maximum absolute atomic E-state index is 12.8. The monoisotopic (exact) mass is 365 g/mol. The van der Waals surface area contributed by atoms with Crippen molar-refractivity contribution in [3.05, 3.63) is 65.9 Å². The summed E-state index contributed by atoms with van der Waals surface area (Å²) in [5, 5.41) is 11.1. The van der Waals surface area contributed by atoms with Crippen LogP contribution in [0.4, 0.5) is 0 Å². The molecule has 6 heteroatoms. The van der Waals surface area contributed by atoms with Gasteiger partial charge in [0.1, 0.15) is 5.69 Å². The number of Topliss-reactive ketones (excluding diaryl/α,β-unsaturated/α-hetero) is 2. The second-order valence-electron chi connectivity index (χ2n) is 6.03. The van der Waals surface area contributed by atoms with Crippen molar-refractivity contribution in [1.29, 1.82) is 0 Å². The molecule has 1 aromatic heterocycles. The molecule has 2 aromatic carbocycles. The fraction of sp³-hybridized carbons (Fsp3) is 0.190. The Labute approximate surface area is 156 Å². The third-order valence-electron chi connectivity index (χ3n) is 4.22. The van der Waals surface area contributed by atoms with E-state index in [0.29, 0.717) is 17.4 Å². The molecule has 3 aromatic rings. The minimum absolute atomic E-state index is 0.0118. The average Bonchev–Trinajstić information content (AvgIpc) is 2.95. The van der Waals surface area contributed by atoms with Crippen LogP contribution in [0.5, 0.6) is 5.75 Å². The van der Waals surface area contributed by atoms with Gasteiger partial charge in [0, 0.05) is 11.9 Å². The number of aromatic hydroxyl groups is 1. The molecule has 0 saturated heterocycles. The molecular weight excluding hydrogens is 346 g/mol. The summed E-state index contributed by atoms with van der Waals surface area (Å²) in [4.78, 5) is 36.2. The van der Waals surface area contributed by atoms with E-state index in [4.69, 9.17) is 0 Å². The molecule has 3 rings (SSSR count). The lowest BCUT2D eigenvalue weighted by atomic mass is 10.1. The summed E-state index contributed by atoms with van der Waals surface area (Å²) in [7, 11) is 0. The van der Waals surface area contributed by atoms with E-state index >= 15 is 0 Å². The summed E-state index contributed by atoms with van der Waals surface area (Å²) >= 11 is 0. The predicted octanol–water partition coefficient (Wildman–Crippen LogP) is 3.10. The minimum Gasteiger partial charge on any atom is -0.505 e. The van der Waals surface area contributed by atoms with E-state index in [0.717, 1.165) is 5.56 Å². The van der Waals surface area contributed by atoms with Gasteiger partial charge in [0.25, 0.3) is 0 Å². The molecule has 0 aliphatic heterocycles. The van der Waals surface area contributed by atoms with Crippen molar-refractivity contribution >= 4 is 28.4 Å². The quantitative estimate of drug-likeness (QED) is 0.301. The third-order valence-corrected chi connectivity index (χ3v) is 4.22. The van der Waals surface area contributed by atoms with Gasteiger partial charge in [0.2, 0.25) is 5.78 Å². The smallest absolute Gasteiger partial charge is 0.375 e. The van der Waals surface area contributed by atoms with Gasteiger partial charge in [0.05, 0.1) is 18.5 Å². The van der Waals surface area contributed by atoms with Crippen LogP contribution in [-0.4, -0.2) is 33.8 Å². The highest BCUT2D eigenvalue weighted by Gasteiger charge is 2.27. The Morgan fingerprint density at radius 3 is 2.37 bits per heavy atom. The zero-order valence-corrected chi connectivity index (χ0v) is 14.8. The number of ether oxygens (including phenoxy) is 1. The van der Waals surface area contributed by atoms with Gasteiger partial charge < -0.3 is 14.4 Å². The van der Waals surface area contributed by atoms with E-state index in [1.807, 2.05) is 30.3 Å². The van der Waals surface area contributed by atoms with Gasteiger partial charge in [-0.1, -0.05) is 42.5 Å². The van der Waals surface area contributed by atoms with Crippen LogP contribution < -0.4 is 0 Å². The van der Waals surface area contributed by atoms with Crippen LogP contribution in [-0.2, 0) is 20.9 Å². The number of rotatable bonds is 7. The van der Waals surface area contributed by atoms with E-state index in [1.54, 1.807) is 35.8 Å². The van der Waals surface area contributed by atoms with Crippen molar-refractivity contribution in [3.8, 4) is 5.75 Å². The second-order valence-corrected chi connectivity index (χ2v) is 6.03. The number of benzene rings is 2. The zero-order chi connectivity index (χ0) is 19.4. The number of fused-ring (bicyclic) bond motifs is 1. The number of carbonyl (C=O) groups excluding carboxylic acids is 3. The van der Waals surface area contributed by atoms with Crippen molar-refractivity contribution in [2.45, 2.75) is 19.9 Å². The van der Waals surface area contributed by atoms with Gasteiger partial charge in [-0.25, -0.2) is 4.79 Å². The zero-order valence-electron chi connectivity index (χ0n) is 14.8. The highest BCUT2D eigenvalue weighted by atomic mass is 16.5. The largest absolute Gasteiger partial charge is 0.505 e. The molecule has 0 radical (unpaired) electrons. The van der Waals surface area contributed by atoms with Gasteiger partial charge in [-0.05, 0) is 24.6 Å². The van der Waals surface area contributed by atoms with Crippen LogP contribution in [0.2, 0.25) is 0 Å². The van der Waals surface area contributed by atoms with Crippen molar-refractivity contribution in [1.82, 2.24) is 4.57 Å². The number of para-hydroxylation sites is 1. The molecule has 6 nitrogen and oxygen atoms in total. The number of esters is 1. The van der Waals surface area contributed by atoms with Crippen LogP contribution in [0.1, 0.15) is 29.4 Å². The normalized spacial score (nSPS) is 10.7. The van der Waals surface area contributed by atoms with Crippen LogP contribution in [0, 0.1) is 0 Å². The van der Waals surface area contributed by atoms with Crippen molar-refractivity contribution < 1.29 is 24.2 Å². The van der Waals surface area contributed by atoms with Gasteiger partial charge >= 0.3 is 5.97 Å². The molecule has 1 N–H and O–H groups in total. The Hall–Kier alpha value is -3.41.